The lowest BCUT2D eigenvalue weighted by Crippen LogP contribution is -2.46. The maximum Gasteiger partial charge on any atom is 0.408 e. The number of nitrogens with one attached hydrogen (secondary N) is 1. The number of benzene rings is 2. The van der Waals surface area contributed by atoms with E-state index in [4.69, 9.17) is 4.74 Å². The summed E-state index contributed by atoms with van der Waals surface area (Å²) in [7, 11) is 0. The molecular formula is C28H34FN3O4. The van der Waals surface area contributed by atoms with Gasteiger partial charge < -0.3 is 10.1 Å². The van der Waals surface area contributed by atoms with Gasteiger partial charge in [-0.05, 0) is 45.2 Å². The van der Waals surface area contributed by atoms with E-state index < -0.39 is 34.8 Å². The van der Waals surface area contributed by atoms with Crippen molar-refractivity contribution in [3.05, 3.63) is 92.5 Å². The van der Waals surface area contributed by atoms with Crippen molar-refractivity contribution in [1.29, 1.82) is 0 Å². The Hall–Kier alpha value is -3.68. The van der Waals surface area contributed by atoms with Gasteiger partial charge in [-0.2, -0.15) is 0 Å². The second kappa shape index (κ2) is 10.9. The average Bonchev–Trinajstić information content (AvgIpc) is 2.79. The summed E-state index contributed by atoms with van der Waals surface area (Å²) in [5, 5.41) is 2.80. The van der Waals surface area contributed by atoms with Gasteiger partial charge in [0.05, 0.1) is 18.2 Å². The molecule has 192 valence electrons. The van der Waals surface area contributed by atoms with E-state index in [0.29, 0.717) is 17.8 Å². The number of nitrogens with zero attached hydrogens (tertiary/aromatic N) is 2. The van der Waals surface area contributed by atoms with Gasteiger partial charge in [0, 0.05) is 17.8 Å². The van der Waals surface area contributed by atoms with Crippen molar-refractivity contribution in [3.63, 3.8) is 0 Å². The van der Waals surface area contributed by atoms with Crippen molar-refractivity contribution in [3.8, 4) is 11.1 Å². The van der Waals surface area contributed by atoms with Crippen LogP contribution in [0.15, 0.2) is 64.2 Å². The summed E-state index contributed by atoms with van der Waals surface area (Å²) in [6, 6.07) is 14.3. The quantitative estimate of drug-likeness (QED) is 0.498. The number of amides is 1. The van der Waals surface area contributed by atoms with Crippen LogP contribution in [0.2, 0.25) is 0 Å². The summed E-state index contributed by atoms with van der Waals surface area (Å²) in [4.78, 5) is 40.0. The molecule has 1 atom stereocenters. The Kier molecular flexibility index (Phi) is 8.17. The largest absolute Gasteiger partial charge is 0.444 e. The highest BCUT2D eigenvalue weighted by Gasteiger charge is 2.25. The van der Waals surface area contributed by atoms with E-state index in [-0.39, 0.29) is 23.6 Å². The molecule has 0 fully saturated rings. The summed E-state index contributed by atoms with van der Waals surface area (Å²) in [5.74, 6) is -0.448. The Morgan fingerprint density at radius 1 is 0.972 bits per heavy atom. The van der Waals surface area contributed by atoms with E-state index in [1.807, 2.05) is 19.9 Å². The van der Waals surface area contributed by atoms with Crippen LogP contribution in [-0.4, -0.2) is 20.8 Å². The Bertz CT molecular complexity index is 1340. The molecule has 2 aromatic carbocycles. The van der Waals surface area contributed by atoms with Crippen molar-refractivity contribution >= 4 is 6.09 Å². The van der Waals surface area contributed by atoms with Crippen LogP contribution in [0.4, 0.5) is 9.18 Å². The van der Waals surface area contributed by atoms with E-state index in [9.17, 15) is 18.8 Å². The van der Waals surface area contributed by atoms with Crippen LogP contribution in [0.25, 0.3) is 11.1 Å². The molecule has 7 nitrogen and oxygen atoms in total. The third-order valence-electron chi connectivity index (χ3n) is 5.64. The molecule has 0 saturated heterocycles. The number of alkyl carbamates (subject to hydrolysis) is 1. The van der Waals surface area contributed by atoms with Crippen LogP contribution in [0.5, 0.6) is 0 Å². The molecule has 0 aliphatic heterocycles. The standard InChI is InChI=1S/C28H34FN3O4/c1-18(2)16-31-19(3)24(21-14-10-11-15-22(21)29)25(33)32(27(31)35)17-23(20-12-8-7-9-13-20)30-26(34)36-28(4,5)6/h7-15,18,23H,16-17H2,1-6H3,(H,30,34)/t23-/m0/s1. The minimum absolute atomic E-state index is 0.102. The van der Waals surface area contributed by atoms with Gasteiger partial charge in [0.2, 0.25) is 0 Å². The molecule has 0 saturated carbocycles. The molecule has 36 heavy (non-hydrogen) atoms. The molecule has 0 bridgehead atoms. The lowest BCUT2D eigenvalue weighted by Gasteiger charge is -2.25. The Labute approximate surface area is 210 Å². The first-order chi connectivity index (χ1) is 16.9. The molecule has 1 aromatic heterocycles. The summed E-state index contributed by atoms with van der Waals surface area (Å²) >= 11 is 0. The number of ether oxygens (including phenoxy) is 1. The lowest BCUT2D eigenvalue weighted by molar-refractivity contribution is 0.0497. The van der Waals surface area contributed by atoms with Crippen molar-refractivity contribution in [1.82, 2.24) is 14.5 Å². The van der Waals surface area contributed by atoms with E-state index in [0.717, 1.165) is 4.57 Å². The smallest absolute Gasteiger partial charge is 0.408 e. The summed E-state index contributed by atoms with van der Waals surface area (Å²) in [5.41, 5.74) is -0.518. The first kappa shape index (κ1) is 26.9. The minimum Gasteiger partial charge on any atom is -0.444 e. The van der Waals surface area contributed by atoms with Gasteiger partial charge >= 0.3 is 11.8 Å². The fourth-order valence-electron chi connectivity index (χ4n) is 4.07. The number of rotatable bonds is 7. The lowest BCUT2D eigenvalue weighted by atomic mass is 10.0. The second-order valence-corrected chi connectivity index (χ2v) is 10.3. The van der Waals surface area contributed by atoms with Gasteiger partial charge in [-0.25, -0.2) is 14.0 Å². The zero-order chi connectivity index (χ0) is 26.6. The molecule has 0 aliphatic rings. The molecule has 3 rings (SSSR count). The Morgan fingerprint density at radius 2 is 1.58 bits per heavy atom. The van der Waals surface area contributed by atoms with Crippen molar-refractivity contribution in [2.75, 3.05) is 0 Å². The van der Waals surface area contributed by atoms with Gasteiger partial charge in [0.1, 0.15) is 11.4 Å². The van der Waals surface area contributed by atoms with Crippen molar-refractivity contribution in [2.24, 2.45) is 5.92 Å². The third kappa shape index (κ3) is 6.30. The molecule has 1 heterocycles. The normalized spacial score (nSPS) is 12.4. The predicted molar refractivity (Wildman–Crippen MR) is 138 cm³/mol. The van der Waals surface area contributed by atoms with Crippen molar-refractivity contribution in [2.45, 2.75) is 66.3 Å². The van der Waals surface area contributed by atoms with Crippen LogP contribution < -0.4 is 16.6 Å². The highest BCUT2D eigenvalue weighted by molar-refractivity contribution is 5.68. The molecule has 1 amide bonds. The van der Waals surface area contributed by atoms with Gasteiger partial charge in [-0.1, -0.05) is 62.4 Å². The zero-order valence-corrected chi connectivity index (χ0v) is 21.7. The first-order valence-corrected chi connectivity index (χ1v) is 12.0. The molecule has 0 aliphatic carbocycles. The second-order valence-electron chi connectivity index (χ2n) is 10.3. The van der Waals surface area contributed by atoms with E-state index in [1.165, 1.54) is 16.7 Å². The van der Waals surface area contributed by atoms with Crippen molar-refractivity contribution < 1.29 is 13.9 Å². The first-order valence-electron chi connectivity index (χ1n) is 12.0. The molecule has 0 unspecified atom stereocenters. The molecule has 3 aromatic rings. The zero-order valence-electron chi connectivity index (χ0n) is 21.7. The monoisotopic (exact) mass is 495 g/mol. The minimum atomic E-state index is -0.741. The molecule has 8 heteroatoms. The number of carbonyl (C=O) groups is 1. The van der Waals surface area contributed by atoms with Crippen LogP contribution >= 0.6 is 0 Å². The maximum absolute atomic E-state index is 14.8. The van der Waals surface area contributed by atoms with E-state index >= 15 is 0 Å². The predicted octanol–water partition coefficient (Wildman–Crippen LogP) is 5.05. The SMILES string of the molecule is Cc1c(-c2ccccc2F)c(=O)n(C[C@H](NC(=O)OC(C)(C)C)c2ccccc2)c(=O)n1CC(C)C. The van der Waals surface area contributed by atoms with Crippen LogP contribution in [0.1, 0.15) is 51.9 Å². The molecule has 1 N–H and O–H groups in total. The number of hydrogen-bond acceptors (Lipinski definition) is 4. The maximum atomic E-state index is 14.8. The van der Waals surface area contributed by atoms with Gasteiger partial charge in [-0.3, -0.25) is 13.9 Å². The summed E-state index contributed by atoms with van der Waals surface area (Å²) in [6.45, 7) is 11.0. The highest BCUT2D eigenvalue weighted by atomic mass is 19.1. The fourth-order valence-corrected chi connectivity index (χ4v) is 4.07. The number of hydrogen-bond donors (Lipinski definition) is 1. The van der Waals surface area contributed by atoms with Gasteiger partial charge in [-0.15, -0.1) is 0 Å². The van der Waals surface area contributed by atoms with E-state index in [2.05, 4.69) is 5.32 Å². The van der Waals surface area contributed by atoms with Crippen LogP contribution in [0, 0.1) is 18.7 Å². The van der Waals surface area contributed by atoms with Crippen LogP contribution in [0.3, 0.4) is 0 Å². The third-order valence-corrected chi connectivity index (χ3v) is 5.64. The summed E-state index contributed by atoms with van der Waals surface area (Å²) in [6.07, 6.45) is -0.673. The number of carbonyl (C=O) groups excluding carboxylic acids is 1. The molecule has 0 spiro atoms. The summed E-state index contributed by atoms with van der Waals surface area (Å²) < 4.78 is 22.8. The number of halogens is 1. The van der Waals surface area contributed by atoms with Gasteiger partial charge in [0.15, 0.2) is 0 Å². The number of aromatic nitrogens is 2. The average molecular weight is 496 g/mol. The Morgan fingerprint density at radius 3 is 2.17 bits per heavy atom. The van der Waals surface area contributed by atoms with Gasteiger partial charge in [0.25, 0.3) is 5.56 Å². The highest BCUT2D eigenvalue weighted by Crippen LogP contribution is 2.23. The van der Waals surface area contributed by atoms with E-state index in [1.54, 1.807) is 64.1 Å². The molecule has 0 radical (unpaired) electrons. The Balaban J connectivity index is 2.19. The topological polar surface area (TPSA) is 82.3 Å². The fraction of sp³-hybridized carbons (Fsp3) is 0.393. The van der Waals surface area contributed by atoms with Crippen LogP contribution in [-0.2, 0) is 17.8 Å². The molecular weight excluding hydrogens is 461 g/mol.